The molecule has 0 fully saturated rings. The summed E-state index contributed by atoms with van der Waals surface area (Å²) in [5, 5.41) is 0. The molecule has 0 aliphatic heterocycles. The predicted octanol–water partition coefficient (Wildman–Crippen LogP) is 4.07. The van der Waals surface area contributed by atoms with E-state index in [1.807, 2.05) is 25.1 Å². The van der Waals surface area contributed by atoms with Crippen LogP contribution in [0.15, 0.2) is 53.0 Å². The first-order valence-electron chi connectivity index (χ1n) is 5.90. The predicted molar refractivity (Wildman–Crippen MR) is 76.7 cm³/mol. The Bertz CT molecular complexity index is 567. The van der Waals surface area contributed by atoms with Crippen LogP contribution in [0.4, 0.5) is 0 Å². The highest BCUT2D eigenvalue weighted by atomic mass is 79.9. The summed E-state index contributed by atoms with van der Waals surface area (Å²) in [5.41, 5.74) is 0.471. The van der Waals surface area contributed by atoms with Crippen LogP contribution in [0.5, 0.6) is 11.5 Å². The molecular formula is C15H13BrO3. The molecule has 0 saturated heterocycles. The monoisotopic (exact) mass is 320 g/mol. The zero-order valence-corrected chi connectivity index (χ0v) is 12.0. The molecule has 2 aromatic rings. The zero-order chi connectivity index (χ0) is 13.7. The maximum Gasteiger partial charge on any atom is 0.343 e. The number of carbonyl (C=O) groups is 1. The van der Waals surface area contributed by atoms with Gasteiger partial charge in [-0.2, -0.15) is 0 Å². The van der Waals surface area contributed by atoms with Gasteiger partial charge in [-0.3, -0.25) is 0 Å². The van der Waals surface area contributed by atoms with Crippen LogP contribution in [-0.2, 0) is 0 Å². The Hall–Kier alpha value is -1.81. The fraction of sp³-hybridized carbons (Fsp3) is 0.133. The Morgan fingerprint density at radius 1 is 1.16 bits per heavy atom. The molecule has 19 heavy (non-hydrogen) atoms. The highest BCUT2D eigenvalue weighted by Crippen LogP contribution is 2.26. The first kappa shape index (κ1) is 13.6. The van der Waals surface area contributed by atoms with E-state index in [0.29, 0.717) is 23.7 Å². The summed E-state index contributed by atoms with van der Waals surface area (Å²) in [6, 6.07) is 14.1. The summed E-state index contributed by atoms with van der Waals surface area (Å²) in [6.45, 7) is 2.48. The largest absolute Gasteiger partial charge is 0.493 e. The number of carbonyl (C=O) groups excluding carboxylic acids is 1. The summed E-state index contributed by atoms with van der Waals surface area (Å²) < 4.78 is 11.4. The molecular weight excluding hydrogens is 308 g/mol. The number of ether oxygens (including phenoxy) is 2. The molecule has 2 aromatic carbocycles. The molecule has 0 aliphatic carbocycles. The third-order valence-corrected chi connectivity index (χ3v) is 3.04. The van der Waals surface area contributed by atoms with Crippen molar-refractivity contribution in [2.24, 2.45) is 0 Å². The van der Waals surface area contributed by atoms with E-state index in [1.165, 1.54) is 0 Å². The van der Waals surface area contributed by atoms with Gasteiger partial charge >= 0.3 is 5.97 Å². The Balaban J connectivity index is 2.14. The fourth-order valence-electron chi connectivity index (χ4n) is 1.55. The number of hydrogen-bond acceptors (Lipinski definition) is 3. The van der Waals surface area contributed by atoms with E-state index in [9.17, 15) is 4.79 Å². The van der Waals surface area contributed by atoms with Crippen LogP contribution < -0.4 is 9.47 Å². The highest BCUT2D eigenvalue weighted by Gasteiger charge is 2.11. The lowest BCUT2D eigenvalue weighted by molar-refractivity contribution is 0.0734. The van der Waals surface area contributed by atoms with E-state index in [1.54, 1.807) is 30.3 Å². The van der Waals surface area contributed by atoms with Gasteiger partial charge in [0.05, 0.1) is 16.6 Å². The third-order valence-electron chi connectivity index (χ3n) is 2.42. The molecule has 0 heterocycles. The summed E-state index contributed by atoms with van der Waals surface area (Å²) >= 11 is 3.37. The van der Waals surface area contributed by atoms with Crippen molar-refractivity contribution in [1.82, 2.24) is 0 Å². The second kappa shape index (κ2) is 6.38. The van der Waals surface area contributed by atoms with Gasteiger partial charge in [0.1, 0.15) is 11.5 Å². The topological polar surface area (TPSA) is 35.5 Å². The molecule has 0 bridgehead atoms. The molecule has 4 heteroatoms. The summed E-state index contributed by atoms with van der Waals surface area (Å²) in [6.07, 6.45) is 0. The molecule has 2 rings (SSSR count). The minimum Gasteiger partial charge on any atom is -0.493 e. The first-order valence-corrected chi connectivity index (χ1v) is 6.69. The second-order valence-electron chi connectivity index (χ2n) is 3.78. The Morgan fingerprint density at radius 2 is 1.89 bits per heavy atom. The quantitative estimate of drug-likeness (QED) is 0.629. The Morgan fingerprint density at radius 3 is 2.53 bits per heavy atom. The van der Waals surface area contributed by atoms with Gasteiger partial charge in [-0.05, 0) is 53.2 Å². The highest BCUT2D eigenvalue weighted by molar-refractivity contribution is 9.10. The van der Waals surface area contributed by atoms with Crippen molar-refractivity contribution < 1.29 is 14.3 Å². The van der Waals surface area contributed by atoms with Crippen LogP contribution in [0.25, 0.3) is 0 Å². The smallest absolute Gasteiger partial charge is 0.343 e. The van der Waals surface area contributed by atoms with Gasteiger partial charge in [-0.15, -0.1) is 0 Å². The lowest BCUT2D eigenvalue weighted by atomic mass is 10.2. The molecule has 0 radical (unpaired) electrons. The van der Waals surface area contributed by atoms with Gasteiger partial charge in [0.15, 0.2) is 0 Å². The van der Waals surface area contributed by atoms with Gasteiger partial charge in [0, 0.05) is 0 Å². The maximum absolute atomic E-state index is 12.0. The molecule has 3 nitrogen and oxygen atoms in total. The van der Waals surface area contributed by atoms with Crippen molar-refractivity contribution >= 4 is 21.9 Å². The van der Waals surface area contributed by atoms with Crippen LogP contribution in [0.1, 0.15) is 17.3 Å². The number of benzene rings is 2. The minimum absolute atomic E-state index is 0.394. The van der Waals surface area contributed by atoms with Crippen LogP contribution in [-0.4, -0.2) is 12.6 Å². The fourth-order valence-corrected chi connectivity index (χ4v) is 2.05. The number of esters is 1. The maximum atomic E-state index is 12.0. The van der Waals surface area contributed by atoms with Crippen molar-refractivity contribution in [3.8, 4) is 11.5 Å². The summed E-state index contributed by atoms with van der Waals surface area (Å²) in [5.74, 6) is 0.839. The molecule has 98 valence electrons. The average Bonchev–Trinajstić information content (AvgIpc) is 2.42. The standard InChI is InChI=1S/C15H13BrO3/c1-2-18-14-9-8-11(10-13(14)16)15(17)19-12-6-4-3-5-7-12/h3-10H,2H2,1H3. The number of halogens is 1. The Labute approximate surface area is 120 Å². The van der Waals surface area contributed by atoms with Crippen molar-refractivity contribution in [2.75, 3.05) is 6.61 Å². The van der Waals surface area contributed by atoms with Crippen LogP contribution in [0.2, 0.25) is 0 Å². The Kier molecular flexibility index (Phi) is 4.58. The van der Waals surface area contributed by atoms with Crippen molar-refractivity contribution in [3.05, 3.63) is 58.6 Å². The van der Waals surface area contributed by atoms with Gasteiger partial charge < -0.3 is 9.47 Å². The second-order valence-corrected chi connectivity index (χ2v) is 4.64. The zero-order valence-electron chi connectivity index (χ0n) is 10.4. The number of para-hydroxylation sites is 1. The molecule has 0 aliphatic rings. The summed E-state index contributed by atoms with van der Waals surface area (Å²) in [4.78, 5) is 12.0. The van der Waals surface area contributed by atoms with E-state index >= 15 is 0 Å². The van der Waals surface area contributed by atoms with E-state index in [2.05, 4.69) is 15.9 Å². The van der Waals surface area contributed by atoms with Crippen molar-refractivity contribution in [1.29, 1.82) is 0 Å². The van der Waals surface area contributed by atoms with Gasteiger partial charge in [0.2, 0.25) is 0 Å². The van der Waals surface area contributed by atoms with Crippen molar-refractivity contribution in [3.63, 3.8) is 0 Å². The van der Waals surface area contributed by atoms with Gasteiger partial charge in [-0.1, -0.05) is 18.2 Å². The lowest BCUT2D eigenvalue weighted by Gasteiger charge is -2.08. The molecule has 0 spiro atoms. The third kappa shape index (κ3) is 3.58. The van der Waals surface area contributed by atoms with Gasteiger partial charge in [0.25, 0.3) is 0 Å². The van der Waals surface area contributed by atoms with E-state index < -0.39 is 5.97 Å². The van der Waals surface area contributed by atoms with Crippen LogP contribution in [0.3, 0.4) is 0 Å². The molecule has 0 atom stereocenters. The number of hydrogen-bond donors (Lipinski definition) is 0. The van der Waals surface area contributed by atoms with Crippen molar-refractivity contribution in [2.45, 2.75) is 6.92 Å². The number of rotatable bonds is 4. The SMILES string of the molecule is CCOc1ccc(C(=O)Oc2ccccc2)cc1Br. The van der Waals surface area contributed by atoms with Crippen LogP contribution in [0, 0.1) is 0 Å². The molecule has 0 unspecified atom stereocenters. The molecule has 0 saturated carbocycles. The molecule has 0 N–H and O–H groups in total. The lowest BCUT2D eigenvalue weighted by Crippen LogP contribution is -2.08. The summed E-state index contributed by atoms with van der Waals surface area (Å²) in [7, 11) is 0. The van der Waals surface area contributed by atoms with E-state index in [4.69, 9.17) is 9.47 Å². The first-order chi connectivity index (χ1) is 9.20. The molecule has 0 aromatic heterocycles. The molecule has 0 amide bonds. The normalized spacial score (nSPS) is 10.0. The van der Waals surface area contributed by atoms with Crippen LogP contribution >= 0.6 is 15.9 Å². The van der Waals surface area contributed by atoms with Gasteiger partial charge in [-0.25, -0.2) is 4.79 Å². The minimum atomic E-state index is -0.394. The van der Waals surface area contributed by atoms with E-state index in [0.717, 1.165) is 4.47 Å². The average molecular weight is 321 g/mol. The van der Waals surface area contributed by atoms with E-state index in [-0.39, 0.29) is 0 Å².